The molecule has 0 aliphatic rings. The molecule has 0 aliphatic heterocycles. The Hall–Kier alpha value is -2.32. The standard InChI is InChI=1S/C13H12N4O3S/c18-21(19,16-8-10-7-14-5-6-15-10)9-12-11-3-1-2-4-13(11)20-17-12/h1-7,16H,8-9H2. The van der Waals surface area contributed by atoms with E-state index in [0.29, 0.717) is 22.4 Å². The van der Waals surface area contributed by atoms with E-state index in [2.05, 4.69) is 19.8 Å². The minimum atomic E-state index is -3.53. The highest BCUT2D eigenvalue weighted by Crippen LogP contribution is 2.19. The highest BCUT2D eigenvalue weighted by atomic mass is 32.2. The summed E-state index contributed by atoms with van der Waals surface area (Å²) in [6, 6.07) is 7.13. The molecule has 8 heteroatoms. The van der Waals surface area contributed by atoms with Gasteiger partial charge in [0.25, 0.3) is 0 Å². The summed E-state index contributed by atoms with van der Waals surface area (Å²) in [4.78, 5) is 7.88. The Balaban J connectivity index is 1.74. The molecule has 0 saturated carbocycles. The summed E-state index contributed by atoms with van der Waals surface area (Å²) in [7, 11) is -3.53. The summed E-state index contributed by atoms with van der Waals surface area (Å²) < 4.78 is 31.7. The van der Waals surface area contributed by atoms with Gasteiger partial charge in [-0.25, -0.2) is 13.1 Å². The molecule has 0 saturated heterocycles. The Labute approximate surface area is 121 Å². The summed E-state index contributed by atoms with van der Waals surface area (Å²) in [6.07, 6.45) is 4.54. The maximum absolute atomic E-state index is 12.1. The third-order valence-electron chi connectivity index (χ3n) is 2.87. The number of rotatable bonds is 5. The van der Waals surface area contributed by atoms with Gasteiger partial charge in [-0.05, 0) is 12.1 Å². The molecule has 0 bridgehead atoms. The molecule has 0 fully saturated rings. The quantitative estimate of drug-likeness (QED) is 0.761. The van der Waals surface area contributed by atoms with Gasteiger partial charge in [0.05, 0.1) is 12.2 Å². The predicted molar refractivity (Wildman–Crippen MR) is 75.5 cm³/mol. The van der Waals surface area contributed by atoms with Gasteiger partial charge in [-0.15, -0.1) is 0 Å². The number of benzene rings is 1. The number of fused-ring (bicyclic) bond motifs is 1. The van der Waals surface area contributed by atoms with Crippen molar-refractivity contribution in [1.82, 2.24) is 19.8 Å². The molecule has 108 valence electrons. The van der Waals surface area contributed by atoms with Gasteiger partial charge in [-0.2, -0.15) is 0 Å². The Morgan fingerprint density at radius 3 is 2.86 bits per heavy atom. The van der Waals surface area contributed by atoms with Crippen molar-refractivity contribution in [2.45, 2.75) is 12.3 Å². The fourth-order valence-electron chi connectivity index (χ4n) is 1.88. The Morgan fingerprint density at radius 2 is 2.05 bits per heavy atom. The second-order valence-corrected chi connectivity index (χ2v) is 6.21. The highest BCUT2D eigenvalue weighted by Gasteiger charge is 2.17. The van der Waals surface area contributed by atoms with Crippen LogP contribution in [-0.4, -0.2) is 23.5 Å². The fraction of sp³-hybridized carbons (Fsp3) is 0.154. The molecule has 2 heterocycles. The Bertz CT molecular complexity index is 846. The topological polar surface area (TPSA) is 98.0 Å². The van der Waals surface area contributed by atoms with E-state index in [1.807, 2.05) is 6.07 Å². The smallest absolute Gasteiger partial charge is 0.217 e. The van der Waals surface area contributed by atoms with E-state index in [9.17, 15) is 8.42 Å². The van der Waals surface area contributed by atoms with Crippen LogP contribution < -0.4 is 4.72 Å². The van der Waals surface area contributed by atoms with Crippen LogP contribution >= 0.6 is 0 Å². The lowest BCUT2D eigenvalue weighted by molar-refractivity contribution is 0.448. The van der Waals surface area contributed by atoms with E-state index < -0.39 is 10.0 Å². The number of hydrogen-bond acceptors (Lipinski definition) is 6. The summed E-state index contributed by atoms with van der Waals surface area (Å²) >= 11 is 0. The van der Waals surface area contributed by atoms with Crippen molar-refractivity contribution in [3.05, 3.63) is 54.2 Å². The molecule has 1 N–H and O–H groups in total. The molecule has 0 spiro atoms. The minimum Gasteiger partial charge on any atom is -0.356 e. The van der Waals surface area contributed by atoms with Gasteiger partial charge in [-0.3, -0.25) is 9.97 Å². The zero-order valence-electron chi connectivity index (χ0n) is 10.9. The maximum Gasteiger partial charge on any atom is 0.217 e. The lowest BCUT2D eigenvalue weighted by Crippen LogP contribution is -2.25. The molecule has 0 aliphatic carbocycles. The highest BCUT2D eigenvalue weighted by molar-refractivity contribution is 7.88. The average Bonchev–Trinajstić information content (AvgIpc) is 2.89. The van der Waals surface area contributed by atoms with E-state index >= 15 is 0 Å². The van der Waals surface area contributed by atoms with Crippen molar-refractivity contribution >= 4 is 21.0 Å². The summed E-state index contributed by atoms with van der Waals surface area (Å²) in [6.45, 7) is 0.0892. The molecule has 7 nitrogen and oxygen atoms in total. The van der Waals surface area contributed by atoms with Crippen LogP contribution in [-0.2, 0) is 22.3 Å². The Morgan fingerprint density at radius 1 is 1.19 bits per heavy atom. The lowest BCUT2D eigenvalue weighted by atomic mass is 10.2. The summed E-state index contributed by atoms with van der Waals surface area (Å²) in [5.74, 6) is -0.246. The minimum absolute atomic E-state index is 0.0892. The number of sulfonamides is 1. The zero-order valence-corrected chi connectivity index (χ0v) is 11.7. The van der Waals surface area contributed by atoms with Crippen LogP contribution in [0.1, 0.15) is 11.4 Å². The first-order valence-electron chi connectivity index (χ1n) is 6.19. The van der Waals surface area contributed by atoms with Crippen LogP contribution in [0.15, 0.2) is 47.4 Å². The fourth-order valence-corrected chi connectivity index (χ4v) is 2.92. The molecule has 1 aromatic carbocycles. The average molecular weight is 304 g/mol. The second-order valence-electron chi connectivity index (χ2n) is 4.40. The molecule has 0 amide bonds. The van der Waals surface area contributed by atoms with Gasteiger partial charge >= 0.3 is 0 Å². The van der Waals surface area contributed by atoms with E-state index in [0.717, 1.165) is 0 Å². The number of nitrogens with one attached hydrogen (secondary N) is 1. The monoisotopic (exact) mass is 304 g/mol. The molecule has 0 atom stereocenters. The first kappa shape index (κ1) is 13.7. The number of hydrogen-bond donors (Lipinski definition) is 1. The molecule has 2 aromatic heterocycles. The van der Waals surface area contributed by atoms with Crippen LogP contribution in [0.25, 0.3) is 11.0 Å². The Kier molecular flexibility index (Phi) is 3.63. The van der Waals surface area contributed by atoms with Gasteiger partial charge in [0.1, 0.15) is 11.4 Å². The van der Waals surface area contributed by atoms with Crippen LogP contribution in [0.5, 0.6) is 0 Å². The number of para-hydroxylation sites is 1. The van der Waals surface area contributed by atoms with Crippen LogP contribution in [0.4, 0.5) is 0 Å². The molecule has 3 aromatic rings. The maximum atomic E-state index is 12.1. The van der Waals surface area contributed by atoms with Crippen molar-refractivity contribution in [3.8, 4) is 0 Å². The van der Waals surface area contributed by atoms with Crippen LogP contribution in [0.2, 0.25) is 0 Å². The molecular formula is C13H12N4O3S. The SMILES string of the molecule is O=S(=O)(Cc1noc2ccccc12)NCc1cnccn1. The van der Waals surface area contributed by atoms with E-state index in [1.165, 1.54) is 18.6 Å². The molecule has 0 unspecified atom stereocenters. The second kappa shape index (κ2) is 5.58. The normalized spacial score (nSPS) is 11.8. The molecule has 0 radical (unpaired) electrons. The molecule has 21 heavy (non-hydrogen) atoms. The van der Waals surface area contributed by atoms with Crippen LogP contribution in [0.3, 0.4) is 0 Å². The van der Waals surface area contributed by atoms with Gasteiger partial charge in [-0.1, -0.05) is 17.3 Å². The van der Waals surface area contributed by atoms with E-state index in [1.54, 1.807) is 18.2 Å². The van der Waals surface area contributed by atoms with Crippen molar-refractivity contribution in [3.63, 3.8) is 0 Å². The van der Waals surface area contributed by atoms with Crippen molar-refractivity contribution in [1.29, 1.82) is 0 Å². The molecular weight excluding hydrogens is 292 g/mol. The lowest BCUT2D eigenvalue weighted by Gasteiger charge is -2.04. The van der Waals surface area contributed by atoms with E-state index in [-0.39, 0.29) is 12.3 Å². The number of nitrogens with zero attached hydrogens (tertiary/aromatic N) is 3. The number of aromatic nitrogens is 3. The zero-order chi connectivity index (χ0) is 14.7. The van der Waals surface area contributed by atoms with Crippen molar-refractivity contribution in [2.24, 2.45) is 0 Å². The first-order valence-corrected chi connectivity index (χ1v) is 7.85. The summed E-state index contributed by atoms with van der Waals surface area (Å²) in [5.41, 5.74) is 1.50. The molecule has 3 rings (SSSR count). The van der Waals surface area contributed by atoms with E-state index in [4.69, 9.17) is 4.52 Å². The van der Waals surface area contributed by atoms with Gasteiger partial charge < -0.3 is 4.52 Å². The van der Waals surface area contributed by atoms with Crippen molar-refractivity contribution < 1.29 is 12.9 Å². The van der Waals surface area contributed by atoms with Gasteiger partial charge in [0.2, 0.25) is 10.0 Å². The van der Waals surface area contributed by atoms with Crippen LogP contribution in [0, 0.1) is 0 Å². The third-order valence-corrected chi connectivity index (χ3v) is 4.11. The van der Waals surface area contributed by atoms with Crippen molar-refractivity contribution in [2.75, 3.05) is 0 Å². The third kappa shape index (κ3) is 3.23. The predicted octanol–water partition coefficient (Wildman–Crippen LogP) is 1.24. The first-order chi connectivity index (χ1) is 10.1. The van der Waals surface area contributed by atoms with Gasteiger partial charge in [0.15, 0.2) is 5.58 Å². The van der Waals surface area contributed by atoms with Gasteiger partial charge in [0, 0.05) is 24.0 Å². The largest absolute Gasteiger partial charge is 0.356 e. The summed E-state index contributed by atoms with van der Waals surface area (Å²) in [5, 5.41) is 4.51.